The number of ether oxygens (including phenoxy) is 2. The van der Waals surface area contributed by atoms with Gasteiger partial charge in [0.15, 0.2) is 0 Å². The van der Waals surface area contributed by atoms with E-state index in [2.05, 4.69) is 11.9 Å². The quantitative estimate of drug-likeness (QED) is 0.577. The van der Waals surface area contributed by atoms with Gasteiger partial charge >= 0.3 is 12.1 Å². The monoisotopic (exact) mass is 285 g/mol. The van der Waals surface area contributed by atoms with E-state index in [1.54, 1.807) is 0 Å². The van der Waals surface area contributed by atoms with Gasteiger partial charge in [-0.15, -0.1) is 0 Å². The van der Waals surface area contributed by atoms with Crippen LogP contribution in [0.25, 0.3) is 0 Å². The Morgan fingerprint density at radius 2 is 1.80 bits per heavy atom. The Morgan fingerprint density at radius 3 is 2.20 bits per heavy atom. The van der Waals surface area contributed by atoms with E-state index >= 15 is 0 Å². The summed E-state index contributed by atoms with van der Waals surface area (Å²) in [6.45, 7) is 15.0. The lowest BCUT2D eigenvalue weighted by Gasteiger charge is -2.31. The molecule has 0 aliphatic carbocycles. The lowest BCUT2D eigenvalue weighted by Crippen LogP contribution is -2.49. The summed E-state index contributed by atoms with van der Waals surface area (Å²) in [4.78, 5) is 22.9. The van der Waals surface area contributed by atoms with Crippen LogP contribution in [-0.4, -0.2) is 30.3 Å². The van der Waals surface area contributed by atoms with Crippen molar-refractivity contribution in [3.05, 3.63) is 12.7 Å². The van der Waals surface area contributed by atoms with Crippen LogP contribution >= 0.6 is 0 Å². The number of carbonyl (C=O) groups is 2. The van der Waals surface area contributed by atoms with Crippen LogP contribution in [0.2, 0.25) is 0 Å². The fraction of sp³-hybridized carbons (Fsp3) is 0.733. The van der Waals surface area contributed by atoms with E-state index < -0.39 is 18.2 Å². The summed E-state index contributed by atoms with van der Waals surface area (Å²) in [5.41, 5.74) is -0.365. The predicted octanol–water partition coefficient (Wildman–Crippen LogP) is 2.90. The molecule has 0 radical (unpaired) electrons. The van der Waals surface area contributed by atoms with Gasteiger partial charge in [0.1, 0.15) is 12.7 Å². The van der Waals surface area contributed by atoms with E-state index in [1.807, 2.05) is 41.5 Å². The van der Waals surface area contributed by atoms with E-state index in [4.69, 9.17) is 9.47 Å². The van der Waals surface area contributed by atoms with E-state index in [1.165, 1.54) is 0 Å². The Kier molecular flexibility index (Phi) is 7.32. The summed E-state index contributed by atoms with van der Waals surface area (Å²) >= 11 is 0. The second-order valence-electron chi connectivity index (χ2n) is 6.02. The van der Waals surface area contributed by atoms with Crippen molar-refractivity contribution in [1.29, 1.82) is 0 Å². The fourth-order valence-corrected chi connectivity index (χ4v) is 1.16. The molecule has 1 unspecified atom stereocenters. The van der Waals surface area contributed by atoms with E-state index in [0.717, 1.165) is 6.08 Å². The van der Waals surface area contributed by atoms with Crippen molar-refractivity contribution in [3.63, 3.8) is 0 Å². The van der Waals surface area contributed by atoms with Gasteiger partial charge in [-0.05, 0) is 25.7 Å². The third-order valence-corrected chi connectivity index (χ3v) is 3.43. The zero-order valence-corrected chi connectivity index (χ0v) is 13.4. The second-order valence-corrected chi connectivity index (χ2v) is 6.02. The Bertz CT molecular complexity index is 348. The average molecular weight is 285 g/mol. The molecule has 0 heterocycles. The molecule has 0 aromatic rings. The third kappa shape index (κ3) is 6.59. The van der Waals surface area contributed by atoms with E-state index in [0.29, 0.717) is 0 Å². The molecule has 1 N–H and O–H groups in total. The Balaban J connectivity index is 4.49. The van der Waals surface area contributed by atoms with Crippen molar-refractivity contribution < 1.29 is 19.1 Å². The number of nitrogens with one attached hydrogen (secondary N) is 1. The Labute approximate surface area is 121 Å². The first-order valence-corrected chi connectivity index (χ1v) is 6.88. The molecule has 1 atom stereocenters. The first-order chi connectivity index (χ1) is 9.10. The van der Waals surface area contributed by atoms with E-state index in [9.17, 15) is 9.59 Å². The summed E-state index contributed by atoms with van der Waals surface area (Å²) in [6.07, 6.45) is 0.0956. The molecule has 0 spiro atoms. The third-order valence-electron chi connectivity index (χ3n) is 3.43. The zero-order chi connectivity index (χ0) is 15.9. The topological polar surface area (TPSA) is 64.6 Å². The maximum atomic E-state index is 11.9. The van der Waals surface area contributed by atoms with Crippen LogP contribution in [0.1, 0.15) is 41.5 Å². The molecule has 0 aromatic heterocycles. The number of alkyl carbamates (subject to hydrolysis) is 1. The number of esters is 1. The minimum Gasteiger partial charge on any atom is -0.459 e. The van der Waals surface area contributed by atoms with Gasteiger partial charge in [-0.25, -0.2) is 9.59 Å². The molecule has 20 heavy (non-hydrogen) atoms. The molecule has 0 bridgehead atoms. The number of carbonyl (C=O) groups excluding carboxylic acids is 2. The van der Waals surface area contributed by atoms with Crippen LogP contribution in [-0.2, 0) is 14.3 Å². The minimum atomic E-state index is -0.526. The highest BCUT2D eigenvalue weighted by Crippen LogP contribution is 2.16. The summed E-state index contributed by atoms with van der Waals surface area (Å²) in [7, 11) is 0. The van der Waals surface area contributed by atoms with Crippen molar-refractivity contribution >= 4 is 12.1 Å². The molecule has 0 saturated carbocycles. The fourth-order valence-electron chi connectivity index (χ4n) is 1.16. The van der Waals surface area contributed by atoms with Gasteiger partial charge < -0.3 is 14.8 Å². The molecule has 5 heteroatoms. The molecule has 0 fully saturated rings. The average Bonchev–Trinajstić information content (AvgIpc) is 2.32. The van der Waals surface area contributed by atoms with Crippen LogP contribution in [0.3, 0.4) is 0 Å². The molecular weight excluding hydrogens is 258 g/mol. The molecule has 0 saturated heterocycles. The van der Waals surface area contributed by atoms with Gasteiger partial charge in [0.25, 0.3) is 0 Å². The number of hydrogen-bond donors (Lipinski definition) is 1. The molecule has 0 aliphatic heterocycles. The highest BCUT2D eigenvalue weighted by molar-refractivity contribution is 5.81. The smallest absolute Gasteiger partial charge is 0.407 e. The molecular formula is C15H27NO4. The molecule has 5 nitrogen and oxygen atoms in total. The summed E-state index contributed by atoms with van der Waals surface area (Å²) in [5, 5.41) is 2.82. The highest BCUT2D eigenvalue weighted by Gasteiger charge is 2.27. The Morgan fingerprint density at radius 1 is 1.25 bits per heavy atom. The van der Waals surface area contributed by atoms with Gasteiger partial charge in [0, 0.05) is 11.6 Å². The number of hydrogen-bond acceptors (Lipinski definition) is 4. The largest absolute Gasteiger partial charge is 0.459 e. The van der Waals surface area contributed by atoms with Crippen molar-refractivity contribution in [2.75, 3.05) is 6.61 Å². The van der Waals surface area contributed by atoms with E-state index in [-0.39, 0.29) is 24.0 Å². The van der Waals surface area contributed by atoms with Crippen molar-refractivity contribution in [1.82, 2.24) is 5.32 Å². The van der Waals surface area contributed by atoms with Crippen LogP contribution in [0, 0.1) is 11.8 Å². The summed E-state index contributed by atoms with van der Waals surface area (Å²) in [5.74, 6) is -0.214. The van der Waals surface area contributed by atoms with Gasteiger partial charge in [0.05, 0.1) is 0 Å². The number of amides is 1. The molecule has 0 aromatic carbocycles. The summed E-state index contributed by atoms with van der Waals surface area (Å²) < 4.78 is 10.3. The maximum Gasteiger partial charge on any atom is 0.407 e. The first kappa shape index (κ1) is 18.5. The van der Waals surface area contributed by atoms with Crippen molar-refractivity contribution in [2.45, 2.75) is 53.2 Å². The Hall–Kier alpha value is -1.52. The van der Waals surface area contributed by atoms with Crippen LogP contribution in [0.15, 0.2) is 12.7 Å². The van der Waals surface area contributed by atoms with Crippen molar-refractivity contribution in [3.8, 4) is 0 Å². The van der Waals surface area contributed by atoms with Crippen LogP contribution < -0.4 is 5.32 Å². The lowest BCUT2D eigenvalue weighted by atomic mass is 9.91. The van der Waals surface area contributed by atoms with Gasteiger partial charge in [-0.3, -0.25) is 0 Å². The van der Waals surface area contributed by atoms with Gasteiger partial charge in [-0.1, -0.05) is 34.3 Å². The van der Waals surface area contributed by atoms with Crippen LogP contribution in [0.5, 0.6) is 0 Å². The van der Waals surface area contributed by atoms with Gasteiger partial charge in [-0.2, -0.15) is 0 Å². The molecule has 1 amide bonds. The first-order valence-electron chi connectivity index (χ1n) is 6.88. The lowest BCUT2D eigenvalue weighted by molar-refractivity contribution is -0.141. The normalized spacial score (nSPS) is 13.0. The SMILES string of the molecule is C=CC(=O)OCC(OC(=O)NC(C)(C)C(C)C)C(C)C. The molecule has 116 valence electrons. The van der Waals surface area contributed by atoms with Crippen LogP contribution in [0.4, 0.5) is 4.79 Å². The number of rotatable bonds is 7. The molecule has 0 aliphatic rings. The molecule has 0 rings (SSSR count). The second kappa shape index (κ2) is 7.92. The maximum absolute atomic E-state index is 11.9. The minimum absolute atomic E-state index is 0.0258. The van der Waals surface area contributed by atoms with Crippen molar-refractivity contribution in [2.24, 2.45) is 11.8 Å². The predicted molar refractivity (Wildman–Crippen MR) is 78.3 cm³/mol. The standard InChI is InChI=1S/C15H27NO4/c1-8-13(17)19-9-12(10(2)3)20-14(18)16-15(6,7)11(4)5/h8,10-12H,1,9H2,2-7H3,(H,16,18). The zero-order valence-electron chi connectivity index (χ0n) is 13.4. The summed E-state index contributed by atoms with van der Waals surface area (Å²) in [6, 6.07) is 0. The van der Waals surface area contributed by atoms with Gasteiger partial charge in [0.2, 0.25) is 0 Å². The highest BCUT2D eigenvalue weighted by atomic mass is 16.6.